The van der Waals surface area contributed by atoms with Crippen molar-refractivity contribution >= 4 is 5.78 Å². The lowest BCUT2D eigenvalue weighted by Crippen LogP contribution is -2.30. The van der Waals surface area contributed by atoms with Crippen molar-refractivity contribution in [2.75, 3.05) is 0 Å². The molecule has 0 atom stereocenters. The van der Waals surface area contributed by atoms with Crippen LogP contribution < -0.4 is 0 Å². The minimum absolute atomic E-state index is 0.454. The van der Waals surface area contributed by atoms with E-state index in [-0.39, 0.29) is 0 Å². The van der Waals surface area contributed by atoms with Gasteiger partial charge in [-0.05, 0) is 25.7 Å². The van der Waals surface area contributed by atoms with Gasteiger partial charge in [0.25, 0.3) is 0 Å². The van der Waals surface area contributed by atoms with Gasteiger partial charge in [0.05, 0.1) is 0 Å². The van der Waals surface area contributed by atoms with E-state index in [0.717, 1.165) is 44.9 Å². The van der Waals surface area contributed by atoms with E-state index in [1.807, 2.05) is 0 Å². The van der Waals surface area contributed by atoms with Crippen LogP contribution in [0, 0.1) is 0 Å². The van der Waals surface area contributed by atoms with Crippen LogP contribution >= 0.6 is 0 Å². The Bertz CT molecular complexity index is 171. The molecule has 14 heavy (non-hydrogen) atoms. The van der Waals surface area contributed by atoms with E-state index in [1.54, 1.807) is 0 Å². The van der Waals surface area contributed by atoms with Gasteiger partial charge in [-0.25, -0.2) is 0 Å². The standard InChI is InChI=1S/C6H12O2.C5H8O/c7-6(8)4-2-1-3-5-6;6-5-3-1-2-4-5/h7-8H,1-5H2;1-4H2. The van der Waals surface area contributed by atoms with E-state index in [1.165, 1.54) is 0 Å². The lowest BCUT2D eigenvalue weighted by molar-refractivity contribution is -0.180. The van der Waals surface area contributed by atoms with Gasteiger partial charge >= 0.3 is 0 Å². The van der Waals surface area contributed by atoms with Gasteiger partial charge in [0.1, 0.15) is 5.78 Å². The second kappa shape index (κ2) is 5.47. The summed E-state index contributed by atoms with van der Waals surface area (Å²) in [6.07, 6.45) is 8.18. The van der Waals surface area contributed by atoms with Gasteiger partial charge in [-0.15, -0.1) is 0 Å². The molecule has 3 heteroatoms. The highest BCUT2D eigenvalue weighted by Gasteiger charge is 2.24. The summed E-state index contributed by atoms with van der Waals surface area (Å²) < 4.78 is 0. The molecule has 0 heterocycles. The summed E-state index contributed by atoms with van der Waals surface area (Å²) in [6.45, 7) is 0. The van der Waals surface area contributed by atoms with Gasteiger partial charge in [-0.1, -0.05) is 6.42 Å². The quantitative estimate of drug-likeness (QED) is 0.586. The first-order valence-electron chi connectivity index (χ1n) is 5.57. The number of Topliss-reactive ketones (excluding diaryl/α,β-unsaturated/α-hetero) is 1. The molecule has 2 aliphatic carbocycles. The largest absolute Gasteiger partial charge is 0.366 e. The van der Waals surface area contributed by atoms with E-state index in [9.17, 15) is 4.79 Å². The van der Waals surface area contributed by atoms with Crippen LogP contribution in [0.2, 0.25) is 0 Å². The molecule has 2 aliphatic rings. The normalized spacial score (nSPS) is 25.4. The van der Waals surface area contributed by atoms with Crippen LogP contribution in [-0.4, -0.2) is 21.8 Å². The zero-order chi connectivity index (χ0) is 10.4. The summed E-state index contributed by atoms with van der Waals surface area (Å²) in [7, 11) is 0. The van der Waals surface area contributed by atoms with Gasteiger partial charge < -0.3 is 10.2 Å². The zero-order valence-electron chi connectivity index (χ0n) is 8.67. The van der Waals surface area contributed by atoms with E-state index in [2.05, 4.69) is 0 Å². The van der Waals surface area contributed by atoms with Gasteiger partial charge in [0.15, 0.2) is 5.79 Å². The van der Waals surface area contributed by atoms with Crippen LogP contribution in [0.3, 0.4) is 0 Å². The summed E-state index contributed by atoms with van der Waals surface area (Å²) in [6, 6.07) is 0. The summed E-state index contributed by atoms with van der Waals surface area (Å²) in [4.78, 5) is 10.2. The first-order valence-corrected chi connectivity index (χ1v) is 5.57. The lowest BCUT2D eigenvalue weighted by atomic mass is 9.95. The summed E-state index contributed by atoms with van der Waals surface area (Å²) in [5, 5.41) is 17.9. The van der Waals surface area contributed by atoms with Crippen molar-refractivity contribution in [3.63, 3.8) is 0 Å². The van der Waals surface area contributed by atoms with E-state index < -0.39 is 5.79 Å². The number of ketones is 1. The Hall–Kier alpha value is -0.410. The van der Waals surface area contributed by atoms with Crippen LogP contribution in [0.5, 0.6) is 0 Å². The number of carbonyl (C=O) groups excluding carboxylic acids is 1. The number of hydrogen-bond donors (Lipinski definition) is 2. The molecular formula is C11H20O3. The highest BCUT2D eigenvalue weighted by Crippen LogP contribution is 2.24. The Kier molecular flexibility index (Phi) is 4.55. The first kappa shape index (κ1) is 11.7. The fourth-order valence-corrected chi connectivity index (χ4v) is 1.89. The van der Waals surface area contributed by atoms with Crippen LogP contribution in [0.15, 0.2) is 0 Å². The summed E-state index contributed by atoms with van der Waals surface area (Å²) in [5.41, 5.74) is 0. The highest BCUT2D eigenvalue weighted by atomic mass is 16.5. The van der Waals surface area contributed by atoms with Gasteiger partial charge in [-0.2, -0.15) is 0 Å². The minimum Gasteiger partial charge on any atom is -0.366 e. The van der Waals surface area contributed by atoms with Crippen LogP contribution in [-0.2, 0) is 4.79 Å². The van der Waals surface area contributed by atoms with Crippen molar-refractivity contribution in [1.29, 1.82) is 0 Å². The molecule has 0 radical (unpaired) electrons. The maximum absolute atomic E-state index is 10.2. The molecule has 2 fully saturated rings. The molecule has 2 N–H and O–H groups in total. The molecule has 0 aromatic carbocycles. The summed E-state index contributed by atoms with van der Waals surface area (Å²) >= 11 is 0. The van der Waals surface area contributed by atoms with Gasteiger partial charge in [-0.3, -0.25) is 4.79 Å². The molecule has 0 aromatic heterocycles. The molecular weight excluding hydrogens is 180 g/mol. The lowest BCUT2D eigenvalue weighted by Gasteiger charge is -2.25. The van der Waals surface area contributed by atoms with E-state index in [4.69, 9.17) is 10.2 Å². The maximum Gasteiger partial charge on any atom is 0.162 e. The minimum atomic E-state index is -1.32. The second-order valence-electron chi connectivity index (χ2n) is 4.29. The average molecular weight is 200 g/mol. The van der Waals surface area contributed by atoms with Crippen LogP contribution in [0.1, 0.15) is 57.8 Å². The van der Waals surface area contributed by atoms with E-state index in [0.29, 0.717) is 18.6 Å². The Balaban J connectivity index is 0.000000146. The number of carbonyl (C=O) groups is 1. The van der Waals surface area contributed by atoms with Crippen LogP contribution in [0.25, 0.3) is 0 Å². The number of hydrogen-bond acceptors (Lipinski definition) is 3. The third-order valence-electron chi connectivity index (χ3n) is 2.82. The van der Waals surface area contributed by atoms with Crippen molar-refractivity contribution in [2.24, 2.45) is 0 Å². The molecule has 0 aromatic rings. The van der Waals surface area contributed by atoms with Crippen molar-refractivity contribution in [3.05, 3.63) is 0 Å². The molecule has 0 spiro atoms. The molecule has 2 saturated carbocycles. The molecule has 0 aliphatic heterocycles. The maximum atomic E-state index is 10.2. The monoisotopic (exact) mass is 200 g/mol. The third kappa shape index (κ3) is 4.72. The molecule has 82 valence electrons. The average Bonchev–Trinajstić information content (AvgIpc) is 2.56. The second-order valence-corrected chi connectivity index (χ2v) is 4.29. The smallest absolute Gasteiger partial charge is 0.162 e. The molecule has 0 bridgehead atoms. The predicted molar refractivity (Wildman–Crippen MR) is 53.7 cm³/mol. The van der Waals surface area contributed by atoms with Gasteiger partial charge in [0.2, 0.25) is 0 Å². The first-order chi connectivity index (χ1) is 6.60. The summed E-state index contributed by atoms with van der Waals surface area (Å²) in [5.74, 6) is -0.867. The fourth-order valence-electron chi connectivity index (χ4n) is 1.89. The van der Waals surface area contributed by atoms with Crippen molar-refractivity contribution in [2.45, 2.75) is 63.6 Å². The van der Waals surface area contributed by atoms with Crippen molar-refractivity contribution in [3.8, 4) is 0 Å². The number of aliphatic hydroxyl groups is 2. The Morgan fingerprint density at radius 3 is 1.57 bits per heavy atom. The number of rotatable bonds is 0. The van der Waals surface area contributed by atoms with Crippen molar-refractivity contribution in [1.82, 2.24) is 0 Å². The van der Waals surface area contributed by atoms with Crippen LogP contribution in [0.4, 0.5) is 0 Å². The predicted octanol–water partition coefficient (Wildman–Crippen LogP) is 1.76. The van der Waals surface area contributed by atoms with Crippen molar-refractivity contribution < 1.29 is 15.0 Å². The molecule has 3 nitrogen and oxygen atoms in total. The van der Waals surface area contributed by atoms with Gasteiger partial charge in [0, 0.05) is 25.7 Å². The molecule has 0 unspecified atom stereocenters. The Labute approximate surface area is 85.1 Å². The molecule has 0 saturated heterocycles. The molecule has 2 rings (SSSR count). The zero-order valence-corrected chi connectivity index (χ0v) is 8.67. The third-order valence-corrected chi connectivity index (χ3v) is 2.82. The Morgan fingerprint density at radius 1 is 0.857 bits per heavy atom. The highest BCUT2D eigenvalue weighted by molar-refractivity contribution is 5.79. The SMILES string of the molecule is O=C1CCCC1.OC1(O)CCCCC1. The fraction of sp³-hybridized carbons (Fsp3) is 0.909. The molecule has 0 amide bonds. The van der Waals surface area contributed by atoms with E-state index >= 15 is 0 Å². The topological polar surface area (TPSA) is 57.5 Å². The Morgan fingerprint density at radius 2 is 1.36 bits per heavy atom.